The molecule has 1 N–H and O–H groups in total. The van der Waals surface area contributed by atoms with E-state index in [9.17, 15) is 18.4 Å². The Morgan fingerprint density at radius 1 is 1.32 bits per heavy atom. The van der Waals surface area contributed by atoms with Gasteiger partial charge in [0.1, 0.15) is 16.3 Å². The Labute approximate surface area is 162 Å². The molecule has 0 spiro atoms. The van der Waals surface area contributed by atoms with Crippen LogP contribution in [0.2, 0.25) is 0 Å². The number of benzene rings is 2. The van der Waals surface area contributed by atoms with Crippen LogP contribution in [0.3, 0.4) is 0 Å². The zero-order valence-electron chi connectivity index (χ0n) is 14.6. The maximum Gasteiger partial charge on any atom is 0.307 e. The zero-order chi connectivity index (χ0) is 20.0. The average molecular weight is 404 g/mol. The highest BCUT2D eigenvalue weighted by atomic mass is 32.1. The summed E-state index contributed by atoms with van der Waals surface area (Å²) in [7, 11) is 0. The largest absolute Gasteiger partial charge is 0.481 e. The number of carbonyl (C=O) groups is 2. The van der Waals surface area contributed by atoms with Crippen molar-refractivity contribution in [1.82, 2.24) is 4.98 Å². The predicted octanol–water partition coefficient (Wildman–Crippen LogP) is 3.65. The van der Waals surface area contributed by atoms with Crippen LogP contribution >= 0.6 is 11.3 Å². The fraction of sp³-hybridized carbons (Fsp3) is 0.211. The normalized spacial score (nSPS) is 16.2. The number of carbonyl (C=O) groups excluding carboxylic acids is 1. The molecule has 2 heterocycles. The number of amides is 1. The van der Waals surface area contributed by atoms with Crippen molar-refractivity contribution in [3.05, 3.63) is 52.5 Å². The van der Waals surface area contributed by atoms with Crippen LogP contribution in [-0.4, -0.2) is 28.1 Å². The highest BCUT2D eigenvalue weighted by Crippen LogP contribution is 2.37. The first-order chi connectivity index (χ1) is 13.3. The second-order valence-electron chi connectivity index (χ2n) is 6.42. The second-order valence-corrected chi connectivity index (χ2v) is 7.53. The Kier molecular flexibility index (Phi) is 4.46. The summed E-state index contributed by atoms with van der Waals surface area (Å²) < 4.78 is 33.4. The molecule has 0 saturated carbocycles. The van der Waals surface area contributed by atoms with Crippen LogP contribution in [0.25, 0.3) is 10.2 Å². The minimum atomic E-state index is -1.17. The number of hydrogen-bond acceptors (Lipinski definition) is 5. The van der Waals surface area contributed by atoms with E-state index >= 15 is 0 Å². The Morgan fingerprint density at radius 3 is 2.86 bits per heavy atom. The van der Waals surface area contributed by atoms with E-state index in [4.69, 9.17) is 9.84 Å². The monoisotopic (exact) mass is 404 g/mol. The van der Waals surface area contributed by atoms with E-state index in [1.807, 2.05) is 6.92 Å². The van der Waals surface area contributed by atoms with Gasteiger partial charge in [-0.3, -0.25) is 14.5 Å². The number of carboxylic acids is 1. The third-order valence-corrected chi connectivity index (χ3v) is 5.37. The number of thiazole rings is 1. The molecule has 0 radical (unpaired) electrons. The molecule has 1 aromatic heterocycles. The zero-order valence-corrected chi connectivity index (χ0v) is 15.4. The molecule has 144 valence electrons. The number of aliphatic carboxylic acids is 1. The molecule has 1 unspecified atom stereocenters. The van der Waals surface area contributed by atoms with E-state index in [1.54, 1.807) is 18.2 Å². The molecule has 1 atom stereocenters. The van der Waals surface area contributed by atoms with Crippen LogP contribution in [0.5, 0.6) is 5.75 Å². The van der Waals surface area contributed by atoms with Gasteiger partial charge in [-0.15, -0.1) is 11.3 Å². The summed E-state index contributed by atoms with van der Waals surface area (Å²) in [4.78, 5) is 29.5. The Hall–Kier alpha value is -3.07. The quantitative estimate of drug-likeness (QED) is 0.718. The lowest BCUT2D eigenvalue weighted by Crippen LogP contribution is -2.46. The average Bonchev–Trinajstić information content (AvgIpc) is 3.05. The van der Waals surface area contributed by atoms with Crippen LogP contribution < -0.4 is 9.64 Å². The lowest BCUT2D eigenvalue weighted by Gasteiger charge is -2.33. The van der Waals surface area contributed by atoms with Gasteiger partial charge in [0.15, 0.2) is 17.7 Å². The highest BCUT2D eigenvalue weighted by molar-refractivity contribution is 7.18. The molecular weight excluding hydrogens is 390 g/mol. The first kappa shape index (κ1) is 18.3. The first-order valence-corrected chi connectivity index (χ1v) is 9.19. The summed E-state index contributed by atoms with van der Waals surface area (Å²) in [5, 5.41) is 9.46. The molecule has 6 nitrogen and oxygen atoms in total. The smallest absolute Gasteiger partial charge is 0.307 e. The first-order valence-electron chi connectivity index (χ1n) is 8.37. The number of aromatic nitrogens is 1. The SMILES string of the molecule is Cc1ccc2c(c1)N(Cc1nc3c(F)c(F)ccc3s1)C(=O)C(CC(=O)O)O2. The summed E-state index contributed by atoms with van der Waals surface area (Å²) in [5.74, 6) is -3.32. The molecule has 2 aromatic carbocycles. The maximum atomic E-state index is 14.0. The third kappa shape index (κ3) is 3.18. The number of carboxylic acid groups (broad SMARTS) is 1. The maximum absolute atomic E-state index is 14.0. The second kappa shape index (κ2) is 6.83. The summed E-state index contributed by atoms with van der Waals surface area (Å²) in [6.07, 6.45) is -1.65. The van der Waals surface area contributed by atoms with Gasteiger partial charge in [0, 0.05) is 0 Å². The van der Waals surface area contributed by atoms with Crippen molar-refractivity contribution in [3.63, 3.8) is 0 Å². The Morgan fingerprint density at radius 2 is 2.11 bits per heavy atom. The van der Waals surface area contributed by atoms with Crippen LogP contribution in [0.4, 0.5) is 14.5 Å². The van der Waals surface area contributed by atoms with E-state index in [2.05, 4.69) is 4.98 Å². The van der Waals surface area contributed by atoms with Crippen LogP contribution in [0.15, 0.2) is 30.3 Å². The molecule has 4 rings (SSSR count). The molecular formula is C19H14F2N2O4S. The van der Waals surface area contributed by atoms with Crippen molar-refractivity contribution >= 4 is 39.1 Å². The summed E-state index contributed by atoms with van der Waals surface area (Å²) in [6, 6.07) is 7.67. The highest BCUT2D eigenvalue weighted by Gasteiger charge is 2.36. The van der Waals surface area contributed by atoms with E-state index in [0.717, 1.165) is 23.0 Å². The Bertz CT molecular complexity index is 1110. The van der Waals surface area contributed by atoms with E-state index in [1.165, 1.54) is 11.0 Å². The molecule has 0 fully saturated rings. The van der Waals surface area contributed by atoms with Crippen molar-refractivity contribution < 1.29 is 28.2 Å². The fourth-order valence-electron chi connectivity index (χ4n) is 3.07. The van der Waals surface area contributed by atoms with Crippen molar-refractivity contribution in [3.8, 4) is 5.75 Å². The number of aryl methyl sites for hydroxylation is 1. The molecule has 0 aliphatic carbocycles. The van der Waals surface area contributed by atoms with E-state index < -0.39 is 36.0 Å². The number of hydrogen-bond donors (Lipinski definition) is 1. The lowest BCUT2D eigenvalue weighted by atomic mass is 10.1. The van der Waals surface area contributed by atoms with Gasteiger partial charge in [0.05, 0.1) is 23.4 Å². The Balaban J connectivity index is 1.74. The molecule has 0 bridgehead atoms. The van der Waals surface area contributed by atoms with E-state index in [0.29, 0.717) is 21.1 Å². The minimum Gasteiger partial charge on any atom is -0.481 e. The summed E-state index contributed by atoms with van der Waals surface area (Å²) >= 11 is 1.14. The van der Waals surface area contributed by atoms with Crippen LogP contribution in [0, 0.1) is 18.6 Å². The molecule has 1 aliphatic rings. The number of ether oxygens (including phenoxy) is 1. The van der Waals surface area contributed by atoms with Crippen LogP contribution in [-0.2, 0) is 16.1 Å². The molecule has 1 amide bonds. The van der Waals surface area contributed by atoms with Gasteiger partial charge in [-0.2, -0.15) is 0 Å². The number of fused-ring (bicyclic) bond motifs is 2. The fourth-order valence-corrected chi connectivity index (χ4v) is 4.02. The number of nitrogens with zero attached hydrogens (tertiary/aromatic N) is 2. The van der Waals surface area contributed by atoms with Gasteiger partial charge in [0.25, 0.3) is 5.91 Å². The molecule has 28 heavy (non-hydrogen) atoms. The summed E-state index contributed by atoms with van der Waals surface area (Å²) in [6.45, 7) is 1.84. The van der Waals surface area contributed by atoms with Gasteiger partial charge in [-0.1, -0.05) is 6.07 Å². The third-order valence-electron chi connectivity index (χ3n) is 4.37. The summed E-state index contributed by atoms with van der Waals surface area (Å²) in [5.41, 5.74) is 1.28. The number of anilines is 1. The standard InChI is InChI=1S/C19H14F2N2O4S/c1-9-2-4-12-11(6-9)23(19(26)13(27-12)7-16(24)25)8-15-22-18-14(28-15)5-3-10(20)17(18)21/h2-6,13H,7-8H2,1H3,(H,24,25). The van der Waals surface area contributed by atoms with E-state index in [-0.39, 0.29) is 12.1 Å². The van der Waals surface area contributed by atoms with Gasteiger partial charge in [0.2, 0.25) is 0 Å². The van der Waals surface area contributed by atoms with Gasteiger partial charge in [-0.25, -0.2) is 13.8 Å². The topological polar surface area (TPSA) is 79.7 Å². The molecule has 1 aliphatic heterocycles. The predicted molar refractivity (Wildman–Crippen MR) is 98.6 cm³/mol. The molecule has 0 saturated heterocycles. The van der Waals surface area contributed by atoms with Gasteiger partial charge in [-0.05, 0) is 36.8 Å². The molecule has 3 aromatic rings. The lowest BCUT2D eigenvalue weighted by molar-refractivity contribution is -0.142. The molecule has 9 heteroatoms. The van der Waals surface area contributed by atoms with Crippen molar-refractivity contribution in [2.24, 2.45) is 0 Å². The van der Waals surface area contributed by atoms with Gasteiger partial charge >= 0.3 is 5.97 Å². The minimum absolute atomic E-state index is 0.00479. The van der Waals surface area contributed by atoms with Crippen LogP contribution in [0.1, 0.15) is 17.0 Å². The number of halogens is 2. The van der Waals surface area contributed by atoms with Crippen molar-refractivity contribution in [2.45, 2.75) is 26.0 Å². The van der Waals surface area contributed by atoms with Gasteiger partial charge < -0.3 is 9.84 Å². The number of rotatable bonds is 4. The van der Waals surface area contributed by atoms with Crippen molar-refractivity contribution in [2.75, 3.05) is 4.90 Å². The van der Waals surface area contributed by atoms with Crippen molar-refractivity contribution in [1.29, 1.82) is 0 Å².